The van der Waals surface area contributed by atoms with Crippen LogP contribution >= 0.6 is 0 Å². The SMILES string of the molecule is COOCc1ccc(-c2cn(C)ccc2=O)cc1. The molecule has 0 amide bonds. The number of nitrogens with zero attached hydrogens (tertiary/aromatic N) is 1. The number of pyridine rings is 1. The van der Waals surface area contributed by atoms with Gasteiger partial charge in [-0.15, -0.1) is 0 Å². The molecule has 0 unspecified atom stereocenters. The van der Waals surface area contributed by atoms with Crippen LogP contribution in [0.3, 0.4) is 0 Å². The normalized spacial score (nSPS) is 10.6. The minimum Gasteiger partial charge on any atom is -0.356 e. The highest BCUT2D eigenvalue weighted by molar-refractivity contribution is 5.62. The van der Waals surface area contributed by atoms with E-state index in [1.54, 1.807) is 12.3 Å². The average Bonchev–Trinajstić information content (AvgIpc) is 2.40. The van der Waals surface area contributed by atoms with Gasteiger partial charge in [0.2, 0.25) is 0 Å². The largest absolute Gasteiger partial charge is 0.356 e. The molecule has 0 radical (unpaired) electrons. The van der Waals surface area contributed by atoms with E-state index in [2.05, 4.69) is 4.89 Å². The molecule has 0 bridgehead atoms. The van der Waals surface area contributed by atoms with Crippen LogP contribution in [0.25, 0.3) is 11.1 Å². The van der Waals surface area contributed by atoms with Crippen molar-refractivity contribution in [1.82, 2.24) is 4.57 Å². The first-order valence-corrected chi connectivity index (χ1v) is 5.62. The Labute approximate surface area is 105 Å². The summed E-state index contributed by atoms with van der Waals surface area (Å²) in [7, 11) is 3.37. The number of hydrogen-bond donors (Lipinski definition) is 0. The summed E-state index contributed by atoms with van der Waals surface area (Å²) in [6.45, 7) is 0.392. The Morgan fingerprint density at radius 2 is 1.89 bits per heavy atom. The Morgan fingerprint density at radius 1 is 1.17 bits per heavy atom. The van der Waals surface area contributed by atoms with E-state index in [9.17, 15) is 4.79 Å². The van der Waals surface area contributed by atoms with Crippen molar-refractivity contribution in [3.05, 3.63) is 58.5 Å². The third-order valence-corrected chi connectivity index (χ3v) is 2.67. The van der Waals surface area contributed by atoms with E-state index < -0.39 is 0 Å². The summed E-state index contributed by atoms with van der Waals surface area (Å²) in [4.78, 5) is 21.2. The van der Waals surface area contributed by atoms with E-state index in [-0.39, 0.29) is 5.43 Å². The standard InChI is InChI=1S/C14H15NO3/c1-15-8-7-14(16)13(9-15)12-5-3-11(4-6-12)10-18-17-2/h3-9H,10H2,1-2H3. The van der Waals surface area contributed by atoms with Crippen LogP contribution in [-0.4, -0.2) is 11.7 Å². The van der Waals surface area contributed by atoms with Crippen LogP contribution in [-0.2, 0) is 23.4 Å². The second-order valence-corrected chi connectivity index (χ2v) is 4.01. The molecule has 18 heavy (non-hydrogen) atoms. The molecule has 0 aliphatic carbocycles. The predicted molar refractivity (Wildman–Crippen MR) is 68.9 cm³/mol. The lowest BCUT2D eigenvalue weighted by Gasteiger charge is -2.05. The molecule has 4 heteroatoms. The molecule has 1 heterocycles. The van der Waals surface area contributed by atoms with Gasteiger partial charge in [-0.2, -0.15) is 0 Å². The molecule has 0 aliphatic rings. The second-order valence-electron chi connectivity index (χ2n) is 4.01. The zero-order valence-corrected chi connectivity index (χ0v) is 10.4. The fourth-order valence-electron chi connectivity index (χ4n) is 1.71. The van der Waals surface area contributed by atoms with E-state index in [1.165, 1.54) is 7.11 Å². The molecule has 0 saturated carbocycles. The van der Waals surface area contributed by atoms with Crippen molar-refractivity contribution in [2.24, 2.45) is 7.05 Å². The molecule has 94 valence electrons. The van der Waals surface area contributed by atoms with Crippen molar-refractivity contribution in [3.8, 4) is 11.1 Å². The van der Waals surface area contributed by atoms with Crippen molar-refractivity contribution in [2.75, 3.05) is 7.11 Å². The van der Waals surface area contributed by atoms with Gasteiger partial charge >= 0.3 is 0 Å². The van der Waals surface area contributed by atoms with Crippen molar-refractivity contribution < 1.29 is 9.78 Å². The van der Waals surface area contributed by atoms with E-state index in [0.717, 1.165) is 11.1 Å². The van der Waals surface area contributed by atoms with Gasteiger partial charge < -0.3 is 4.57 Å². The van der Waals surface area contributed by atoms with Gasteiger partial charge in [-0.3, -0.25) is 4.79 Å². The van der Waals surface area contributed by atoms with Crippen LogP contribution in [0.5, 0.6) is 0 Å². The maximum atomic E-state index is 11.8. The third kappa shape index (κ3) is 2.85. The molecule has 2 aromatic rings. The van der Waals surface area contributed by atoms with Crippen molar-refractivity contribution in [3.63, 3.8) is 0 Å². The zero-order chi connectivity index (χ0) is 13.0. The van der Waals surface area contributed by atoms with Gasteiger partial charge in [0, 0.05) is 31.1 Å². The lowest BCUT2D eigenvalue weighted by molar-refractivity contribution is -0.282. The topological polar surface area (TPSA) is 40.5 Å². The molecular formula is C14H15NO3. The number of hydrogen-bond acceptors (Lipinski definition) is 3. The monoisotopic (exact) mass is 245 g/mol. The molecular weight excluding hydrogens is 230 g/mol. The Bertz CT molecular complexity index is 572. The molecule has 0 spiro atoms. The van der Waals surface area contributed by atoms with E-state index >= 15 is 0 Å². The van der Waals surface area contributed by atoms with E-state index in [4.69, 9.17) is 4.89 Å². The average molecular weight is 245 g/mol. The van der Waals surface area contributed by atoms with Gasteiger partial charge in [-0.05, 0) is 11.1 Å². The molecule has 0 atom stereocenters. The number of aromatic nitrogens is 1. The van der Waals surface area contributed by atoms with Gasteiger partial charge in [0.15, 0.2) is 5.43 Å². The molecule has 0 aliphatic heterocycles. The molecule has 0 saturated heterocycles. The summed E-state index contributed by atoms with van der Waals surface area (Å²) in [5, 5.41) is 0. The molecule has 1 aromatic heterocycles. The van der Waals surface area contributed by atoms with Gasteiger partial charge in [-0.1, -0.05) is 24.3 Å². The van der Waals surface area contributed by atoms with Gasteiger partial charge in [-0.25, -0.2) is 9.78 Å². The highest BCUT2D eigenvalue weighted by Gasteiger charge is 2.03. The molecule has 4 nitrogen and oxygen atoms in total. The van der Waals surface area contributed by atoms with Crippen LogP contribution < -0.4 is 5.43 Å². The fraction of sp³-hybridized carbons (Fsp3) is 0.214. The van der Waals surface area contributed by atoms with Crippen molar-refractivity contribution >= 4 is 0 Å². The van der Waals surface area contributed by atoms with E-state index in [0.29, 0.717) is 12.2 Å². The Kier molecular flexibility index (Phi) is 3.92. The second kappa shape index (κ2) is 5.62. The van der Waals surface area contributed by atoms with Gasteiger partial charge in [0.05, 0.1) is 7.11 Å². The van der Waals surface area contributed by atoms with Crippen LogP contribution in [0.1, 0.15) is 5.56 Å². The highest BCUT2D eigenvalue weighted by Crippen LogP contribution is 2.16. The molecule has 0 N–H and O–H groups in total. The number of benzene rings is 1. The summed E-state index contributed by atoms with van der Waals surface area (Å²) in [5.41, 5.74) is 2.61. The maximum absolute atomic E-state index is 11.8. The summed E-state index contributed by atoms with van der Waals surface area (Å²) in [6, 6.07) is 9.22. The Hall–Kier alpha value is -1.91. The van der Waals surface area contributed by atoms with Gasteiger partial charge in [0.1, 0.15) is 6.61 Å². The number of aryl methyl sites for hydroxylation is 1. The summed E-state index contributed by atoms with van der Waals surface area (Å²) >= 11 is 0. The quantitative estimate of drug-likeness (QED) is 0.612. The number of rotatable bonds is 4. The summed E-state index contributed by atoms with van der Waals surface area (Å²) < 4.78 is 1.86. The maximum Gasteiger partial charge on any atom is 0.189 e. The van der Waals surface area contributed by atoms with E-state index in [1.807, 2.05) is 42.1 Å². The lowest BCUT2D eigenvalue weighted by Crippen LogP contribution is -2.06. The van der Waals surface area contributed by atoms with Gasteiger partial charge in [0.25, 0.3) is 0 Å². The predicted octanol–water partition coefficient (Wildman–Crippen LogP) is 2.13. The fourth-order valence-corrected chi connectivity index (χ4v) is 1.71. The summed E-state index contributed by atoms with van der Waals surface area (Å²) in [5.74, 6) is 0. The first-order valence-electron chi connectivity index (χ1n) is 5.62. The van der Waals surface area contributed by atoms with Crippen LogP contribution in [0.4, 0.5) is 0 Å². The minimum absolute atomic E-state index is 0.0222. The minimum atomic E-state index is 0.0222. The summed E-state index contributed by atoms with van der Waals surface area (Å²) in [6.07, 6.45) is 3.57. The molecule has 2 rings (SSSR count). The molecule has 1 aromatic carbocycles. The third-order valence-electron chi connectivity index (χ3n) is 2.67. The smallest absolute Gasteiger partial charge is 0.189 e. The van der Waals surface area contributed by atoms with Crippen LogP contribution in [0.15, 0.2) is 47.5 Å². The Morgan fingerprint density at radius 3 is 2.56 bits per heavy atom. The molecule has 0 fully saturated rings. The van der Waals surface area contributed by atoms with Crippen LogP contribution in [0, 0.1) is 0 Å². The highest BCUT2D eigenvalue weighted by atomic mass is 17.2. The van der Waals surface area contributed by atoms with Crippen LogP contribution in [0.2, 0.25) is 0 Å². The van der Waals surface area contributed by atoms with Crippen molar-refractivity contribution in [1.29, 1.82) is 0 Å². The van der Waals surface area contributed by atoms with Crippen molar-refractivity contribution in [2.45, 2.75) is 6.61 Å². The Balaban J connectivity index is 2.28. The lowest BCUT2D eigenvalue weighted by atomic mass is 10.1. The zero-order valence-electron chi connectivity index (χ0n) is 10.4. The first kappa shape index (κ1) is 12.5. The first-order chi connectivity index (χ1) is 8.70.